The van der Waals surface area contributed by atoms with E-state index in [0.29, 0.717) is 4.47 Å². The normalized spacial score (nSPS) is 11.3. The number of sulfonamides is 1. The molecular weight excluding hydrogens is 346 g/mol. The summed E-state index contributed by atoms with van der Waals surface area (Å²) in [5, 5.41) is 7.45. The van der Waals surface area contributed by atoms with Crippen LogP contribution in [-0.4, -0.2) is 31.6 Å². The Hall–Kier alpha value is -0.700. The highest BCUT2D eigenvalue weighted by Gasteiger charge is 2.11. The number of nitrogens with two attached hydrogens (primary N) is 1. The lowest BCUT2D eigenvalue weighted by Gasteiger charge is -2.06. The Morgan fingerprint density at radius 1 is 1.56 bits per heavy atom. The van der Waals surface area contributed by atoms with E-state index in [1.807, 2.05) is 0 Å². The van der Waals surface area contributed by atoms with Gasteiger partial charge in [0.25, 0.3) is 5.91 Å². The lowest BCUT2D eigenvalue weighted by atomic mass is 10.2. The smallest absolute Gasteiger partial charge is 0.254 e. The Labute approximate surface area is 118 Å². The number of rotatable bonds is 5. The number of amides is 1. The Kier molecular flexibility index (Phi) is 5.51. The quantitative estimate of drug-likeness (QED) is 0.604. The first kappa shape index (κ1) is 15.4. The van der Waals surface area contributed by atoms with Crippen LogP contribution in [0.25, 0.3) is 0 Å². The first-order valence-electron chi connectivity index (χ1n) is 4.89. The summed E-state index contributed by atoms with van der Waals surface area (Å²) in [5.41, 5.74) is 0.224. The fourth-order valence-electron chi connectivity index (χ4n) is 1.15. The first-order valence-corrected chi connectivity index (χ1v) is 7.78. The summed E-state index contributed by atoms with van der Waals surface area (Å²) >= 11 is 8.94. The minimum absolute atomic E-state index is 0.0853. The van der Waals surface area contributed by atoms with E-state index in [0.717, 1.165) is 0 Å². The summed E-state index contributed by atoms with van der Waals surface area (Å²) in [4.78, 5) is 15.5. The molecule has 0 unspecified atom stereocenters. The maximum Gasteiger partial charge on any atom is 0.254 e. The summed E-state index contributed by atoms with van der Waals surface area (Å²) in [5.74, 6) is -0.596. The predicted octanol–water partition coefficient (Wildman–Crippen LogP) is 0.906. The van der Waals surface area contributed by atoms with Crippen LogP contribution < -0.4 is 10.5 Å². The van der Waals surface area contributed by atoms with Gasteiger partial charge in [0.15, 0.2) is 0 Å². The molecule has 0 bridgehead atoms. The molecule has 18 heavy (non-hydrogen) atoms. The maximum absolute atomic E-state index is 11.7. The van der Waals surface area contributed by atoms with Gasteiger partial charge in [-0.25, -0.2) is 18.5 Å². The van der Waals surface area contributed by atoms with E-state index in [9.17, 15) is 13.2 Å². The predicted molar refractivity (Wildman–Crippen MR) is 71.9 cm³/mol. The molecule has 9 heteroatoms. The molecule has 0 saturated heterocycles. The van der Waals surface area contributed by atoms with E-state index < -0.39 is 15.9 Å². The molecule has 1 amide bonds. The summed E-state index contributed by atoms with van der Waals surface area (Å²) in [6.45, 7) is 0.193. The topological polar surface area (TPSA) is 102 Å². The van der Waals surface area contributed by atoms with E-state index >= 15 is 0 Å². The Morgan fingerprint density at radius 3 is 2.83 bits per heavy atom. The third-order valence-electron chi connectivity index (χ3n) is 1.94. The zero-order chi connectivity index (χ0) is 13.8. The van der Waals surface area contributed by atoms with Crippen molar-refractivity contribution in [3.8, 4) is 0 Å². The molecule has 0 radical (unpaired) electrons. The van der Waals surface area contributed by atoms with Gasteiger partial charge in [-0.1, -0.05) is 11.6 Å². The fourth-order valence-corrected chi connectivity index (χ4v) is 2.22. The number of carbonyl (C=O) groups is 1. The van der Waals surface area contributed by atoms with Gasteiger partial charge in [0.1, 0.15) is 5.15 Å². The first-order chi connectivity index (χ1) is 8.29. The van der Waals surface area contributed by atoms with Gasteiger partial charge in [-0.15, -0.1) is 0 Å². The molecule has 3 N–H and O–H groups in total. The number of hydrogen-bond acceptors (Lipinski definition) is 4. The van der Waals surface area contributed by atoms with Gasteiger partial charge in [0, 0.05) is 17.2 Å². The van der Waals surface area contributed by atoms with Crippen molar-refractivity contribution in [2.75, 3.05) is 12.3 Å². The molecule has 0 aliphatic rings. The molecule has 0 atom stereocenters. The number of nitrogens with zero attached hydrogens (tertiary/aromatic N) is 1. The summed E-state index contributed by atoms with van der Waals surface area (Å²) in [7, 11) is -3.50. The zero-order valence-electron chi connectivity index (χ0n) is 9.19. The fraction of sp³-hybridized carbons (Fsp3) is 0.333. The average molecular weight is 357 g/mol. The molecule has 1 heterocycles. The second kappa shape index (κ2) is 6.46. The van der Waals surface area contributed by atoms with E-state index in [1.165, 1.54) is 12.3 Å². The van der Waals surface area contributed by atoms with E-state index in [2.05, 4.69) is 26.2 Å². The number of hydrogen-bond donors (Lipinski definition) is 2. The van der Waals surface area contributed by atoms with Gasteiger partial charge in [0.2, 0.25) is 10.0 Å². The molecule has 0 aliphatic carbocycles. The summed E-state index contributed by atoms with van der Waals surface area (Å²) in [6, 6.07) is 1.53. The number of primary sulfonamides is 1. The van der Waals surface area contributed by atoms with Crippen LogP contribution in [0.15, 0.2) is 16.7 Å². The molecule has 0 saturated carbocycles. The molecule has 1 aromatic rings. The highest BCUT2D eigenvalue weighted by molar-refractivity contribution is 9.10. The van der Waals surface area contributed by atoms with Crippen LogP contribution in [-0.2, 0) is 10.0 Å². The molecule has 100 valence electrons. The van der Waals surface area contributed by atoms with Crippen LogP contribution in [0.5, 0.6) is 0 Å². The summed E-state index contributed by atoms with van der Waals surface area (Å²) < 4.78 is 22.0. The van der Waals surface area contributed by atoms with Crippen LogP contribution >= 0.6 is 27.5 Å². The molecule has 1 rings (SSSR count). The number of halogens is 2. The Morgan fingerprint density at radius 2 is 2.22 bits per heavy atom. The van der Waals surface area contributed by atoms with Crippen molar-refractivity contribution in [3.63, 3.8) is 0 Å². The Balaban J connectivity index is 2.53. The molecular formula is C9H11BrClN3O3S. The average Bonchev–Trinajstić information content (AvgIpc) is 2.26. The SMILES string of the molecule is NS(=O)(=O)CCCNC(=O)c1cc(Br)cnc1Cl. The van der Waals surface area contributed by atoms with Crippen LogP contribution in [0.4, 0.5) is 0 Å². The van der Waals surface area contributed by atoms with Gasteiger partial charge in [0.05, 0.1) is 11.3 Å². The van der Waals surface area contributed by atoms with E-state index in [4.69, 9.17) is 16.7 Å². The second-order valence-corrected chi connectivity index (χ2v) is 6.48. The number of nitrogens with one attached hydrogen (secondary N) is 1. The van der Waals surface area contributed by atoms with Crippen LogP contribution in [0.1, 0.15) is 16.8 Å². The van der Waals surface area contributed by atoms with Gasteiger partial charge in [-0.2, -0.15) is 0 Å². The molecule has 0 fully saturated rings. The van der Waals surface area contributed by atoms with Crippen molar-refractivity contribution >= 4 is 43.5 Å². The van der Waals surface area contributed by atoms with E-state index in [1.54, 1.807) is 0 Å². The molecule has 0 aliphatic heterocycles. The van der Waals surface area contributed by atoms with Crippen molar-refractivity contribution in [3.05, 3.63) is 27.5 Å². The maximum atomic E-state index is 11.7. The largest absolute Gasteiger partial charge is 0.352 e. The molecule has 1 aromatic heterocycles. The monoisotopic (exact) mass is 355 g/mol. The summed E-state index contributed by atoms with van der Waals surface area (Å²) in [6.07, 6.45) is 1.71. The highest BCUT2D eigenvalue weighted by atomic mass is 79.9. The van der Waals surface area contributed by atoms with E-state index in [-0.39, 0.29) is 29.4 Å². The van der Waals surface area contributed by atoms with Crippen LogP contribution in [0.2, 0.25) is 5.15 Å². The van der Waals surface area contributed by atoms with Crippen molar-refractivity contribution in [1.82, 2.24) is 10.3 Å². The molecule has 0 aromatic carbocycles. The van der Waals surface area contributed by atoms with Gasteiger partial charge >= 0.3 is 0 Å². The van der Waals surface area contributed by atoms with Crippen molar-refractivity contribution < 1.29 is 13.2 Å². The van der Waals surface area contributed by atoms with Crippen LogP contribution in [0, 0.1) is 0 Å². The van der Waals surface area contributed by atoms with Crippen molar-refractivity contribution in [1.29, 1.82) is 0 Å². The molecule has 0 spiro atoms. The highest BCUT2D eigenvalue weighted by Crippen LogP contribution is 2.17. The third kappa shape index (κ3) is 5.30. The van der Waals surface area contributed by atoms with Gasteiger partial charge < -0.3 is 5.32 Å². The van der Waals surface area contributed by atoms with Crippen molar-refractivity contribution in [2.45, 2.75) is 6.42 Å². The number of carbonyl (C=O) groups excluding carboxylic acids is 1. The number of aromatic nitrogens is 1. The van der Waals surface area contributed by atoms with Gasteiger partial charge in [-0.3, -0.25) is 4.79 Å². The molecule has 6 nitrogen and oxygen atoms in total. The lowest BCUT2D eigenvalue weighted by molar-refractivity contribution is 0.0953. The third-order valence-corrected chi connectivity index (χ3v) is 3.53. The standard InChI is InChI=1S/C9H11BrClN3O3S/c10-6-4-7(8(11)14-5-6)9(15)13-2-1-3-18(12,16)17/h4-5H,1-3H2,(H,13,15)(H2,12,16,17). The lowest BCUT2D eigenvalue weighted by Crippen LogP contribution is -2.27. The minimum atomic E-state index is -3.50. The van der Waals surface area contributed by atoms with Crippen molar-refractivity contribution in [2.24, 2.45) is 5.14 Å². The van der Waals surface area contributed by atoms with Gasteiger partial charge in [-0.05, 0) is 28.4 Å². The second-order valence-electron chi connectivity index (χ2n) is 3.47. The number of pyridine rings is 1. The minimum Gasteiger partial charge on any atom is -0.352 e. The Bertz CT molecular complexity index is 550. The zero-order valence-corrected chi connectivity index (χ0v) is 12.3. The van der Waals surface area contributed by atoms with Crippen LogP contribution in [0.3, 0.4) is 0 Å².